The molecule has 0 fully saturated rings. The van der Waals surface area contributed by atoms with Gasteiger partial charge in [0, 0.05) is 0 Å². The summed E-state index contributed by atoms with van der Waals surface area (Å²) in [5.41, 5.74) is 0. The molecule has 0 rings (SSSR count). The number of terminal acetylenes is 1. The molecule has 0 aliphatic carbocycles. The first-order valence-electron chi connectivity index (χ1n) is 2.56. The van der Waals surface area contributed by atoms with Gasteiger partial charge in [0.1, 0.15) is 0 Å². The van der Waals surface area contributed by atoms with Gasteiger partial charge >= 0.3 is 50.0 Å². The van der Waals surface area contributed by atoms with Gasteiger partial charge in [-0.25, -0.2) is 0 Å². The van der Waals surface area contributed by atoms with Gasteiger partial charge in [0.05, 0.1) is 0 Å². The summed E-state index contributed by atoms with van der Waals surface area (Å²) >= 11 is -0.701. The van der Waals surface area contributed by atoms with E-state index in [9.17, 15) is 0 Å². The molecule has 0 heterocycles. The Balaban J connectivity index is 3.23. The second-order valence-corrected chi connectivity index (χ2v) is 6.76. The van der Waals surface area contributed by atoms with Crippen molar-refractivity contribution in [3.8, 4) is 11.1 Å². The zero-order chi connectivity index (χ0) is 5.70. The molecule has 0 saturated carbocycles. The molecular weight excluding hydrogens is 147 g/mol. The van der Waals surface area contributed by atoms with Crippen LogP contribution in [0.15, 0.2) is 0 Å². The molecule has 1 heteroatoms. The normalized spacial score (nSPS) is 8.86. The van der Waals surface area contributed by atoms with E-state index >= 15 is 0 Å². The first-order valence-corrected chi connectivity index (χ1v) is 6.15. The van der Waals surface area contributed by atoms with Crippen molar-refractivity contribution in [3.05, 3.63) is 0 Å². The minimum absolute atomic E-state index is 0.701. The van der Waals surface area contributed by atoms with E-state index in [-0.39, 0.29) is 0 Å². The molecule has 0 aliphatic rings. The molecule has 0 aromatic carbocycles. The van der Waals surface area contributed by atoms with Crippen molar-refractivity contribution >= 4 is 14.7 Å². The quantitative estimate of drug-likeness (QED) is 0.423. The van der Waals surface area contributed by atoms with Gasteiger partial charge in [0.2, 0.25) is 0 Å². The van der Waals surface area contributed by atoms with E-state index < -0.39 is 14.7 Å². The van der Waals surface area contributed by atoms with E-state index in [2.05, 4.69) is 18.6 Å². The fourth-order valence-electron chi connectivity index (χ4n) is 0.406. The molecule has 0 amide bonds. The molecule has 0 aromatic heterocycles. The van der Waals surface area contributed by atoms with Crippen LogP contribution in [0.25, 0.3) is 0 Å². The molecule has 0 atom stereocenters. The summed E-state index contributed by atoms with van der Waals surface area (Å²) < 4.78 is 2.85. The SMILES string of the molecule is C#C[As](CC)CC. The zero-order valence-electron chi connectivity index (χ0n) is 4.94. The molecule has 40 valence electrons. The van der Waals surface area contributed by atoms with E-state index in [0.717, 1.165) is 0 Å². The summed E-state index contributed by atoms with van der Waals surface area (Å²) in [7, 11) is 0. The third-order valence-electron chi connectivity index (χ3n) is 0.946. The zero-order valence-corrected chi connectivity index (χ0v) is 6.82. The van der Waals surface area contributed by atoms with Crippen LogP contribution >= 0.6 is 0 Å². The van der Waals surface area contributed by atoms with Gasteiger partial charge in [0.25, 0.3) is 0 Å². The Morgan fingerprint density at radius 3 is 1.86 bits per heavy atom. The Bertz CT molecular complexity index is 66.7. The van der Waals surface area contributed by atoms with Crippen molar-refractivity contribution in [2.45, 2.75) is 24.3 Å². The maximum atomic E-state index is 5.21. The average molecular weight is 158 g/mol. The Kier molecular flexibility index (Phi) is 4.35. The van der Waals surface area contributed by atoms with E-state index in [1.165, 1.54) is 10.4 Å². The molecule has 0 saturated heterocycles. The van der Waals surface area contributed by atoms with Gasteiger partial charge in [-0.05, 0) is 0 Å². The van der Waals surface area contributed by atoms with Crippen molar-refractivity contribution in [3.63, 3.8) is 0 Å². The van der Waals surface area contributed by atoms with Crippen molar-refractivity contribution < 1.29 is 0 Å². The summed E-state index contributed by atoms with van der Waals surface area (Å²) in [4.78, 5) is 0. The van der Waals surface area contributed by atoms with Crippen LogP contribution in [-0.2, 0) is 0 Å². The fourth-order valence-corrected chi connectivity index (χ4v) is 2.11. The minimum atomic E-state index is -0.701. The monoisotopic (exact) mass is 158 g/mol. The van der Waals surface area contributed by atoms with Crippen LogP contribution in [0.2, 0.25) is 10.4 Å². The molecule has 0 N–H and O–H groups in total. The van der Waals surface area contributed by atoms with Crippen molar-refractivity contribution in [2.24, 2.45) is 0 Å². The molecule has 7 heavy (non-hydrogen) atoms. The summed E-state index contributed by atoms with van der Waals surface area (Å²) in [6.07, 6.45) is 5.21. The maximum absolute atomic E-state index is 5.21. The standard InChI is InChI=1S/C6H11As/c1-4-7(5-2)6-3/h1H,5-6H2,2-3H3. The molecule has 0 nitrogen and oxygen atoms in total. The van der Waals surface area contributed by atoms with Gasteiger partial charge < -0.3 is 0 Å². The van der Waals surface area contributed by atoms with Gasteiger partial charge in [0.15, 0.2) is 0 Å². The Morgan fingerprint density at radius 2 is 1.86 bits per heavy atom. The number of rotatable bonds is 2. The van der Waals surface area contributed by atoms with Crippen LogP contribution in [0.3, 0.4) is 0 Å². The van der Waals surface area contributed by atoms with E-state index in [1.807, 2.05) is 0 Å². The molecule has 0 aliphatic heterocycles. The first kappa shape index (κ1) is 7.12. The third-order valence-corrected chi connectivity index (χ3v) is 4.92. The molecule has 0 radical (unpaired) electrons. The topological polar surface area (TPSA) is 0 Å². The summed E-state index contributed by atoms with van der Waals surface area (Å²) in [5.74, 6) is 0. The Morgan fingerprint density at radius 1 is 1.43 bits per heavy atom. The van der Waals surface area contributed by atoms with Crippen LogP contribution in [0.1, 0.15) is 13.8 Å². The predicted molar refractivity (Wildman–Crippen MR) is 35.5 cm³/mol. The fraction of sp³-hybridized carbons (Fsp3) is 0.667. The van der Waals surface area contributed by atoms with Crippen molar-refractivity contribution in [1.29, 1.82) is 0 Å². The van der Waals surface area contributed by atoms with E-state index in [4.69, 9.17) is 6.42 Å². The second kappa shape index (κ2) is 4.28. The average Bonchev–Trinajstić information content (AvgIpc) is 1.72. The molecule has 0 spiro atoms. The van der Waals surface area contributed by atoms with Crippen LogP contribution in [0.4, 0.5) is 0 Å². The van der Waals surface area contributed by atoms with Crippen LogP contribution in [0, 0.1) is 11.1 Å². The van der Waals surface area contributed by atoms with Crippen LogP contribution in [0.5, 0.6) is 0 Å². The van der Waals surface area contributed by atoms with Crippen molar-refractivity contribution in [2.75, 3.05) is 0 Å². The van der Waals surface area contributed by atoms with E-state index in [1.54, 1.807) is 0 Å². The van der Waals surface area contributed by atoms with Gasteiger partial charge in [-0.3, -0.25) is 0 Å². The van der Waals surface area contributed by atoms with E-state index in [0.29, 0.717) is 0 Å². The number of hydrogen-bond acceptors (Lipinski definition) is 0. The number of hydrogen-bond donors (Lipinski definition) is 0. The van der Waals surface area contributed by atoms with Gasteiger partial charge in [-0.2, -0.15) is 0 Å². The van der Waals surface area contributed by atoms with Gasteiger partial charge in [-0.1, -0.05) is 0 Å². The summed E-state index contributed by atoms with van der Waals surface area (Å²) in [6.45, 7) is 4.37. The second-order valence-electron chi connectivity index (χ2n) is 1.30. The van der Waals surface area contributed by atoms with Gasteiger partial charge in [-0.15, -0.1) is 0 Å². The third kappa shape index (κ3) is 2.77. The van der Waals surface area contributed by atoms with Crippen LogP contribution < -0.4 is 0 Å². The Hall–Kier alpha value is 0.118. The molecular formula is C6H11As. The summed E-state index contributed by atoms with van der Waals surface area (Å²) in [5, 5.41) is 2.53. The van der Waals surface area contributed by atoms with Crippen molar-refractivity contribution in [1.82, 2.24) is 0 Å². The predicted octanol–water partition coefficient (Wildman–Crippen LogP) is 1.69. The molecule has 0 unspecified atom stereocenters. The Labute approximate surface area is 50.6 Å². The summed E-state index contributed by atoms with van der Waals surface area (Å²) in [6, 6.07) is 0. The first-order chi connectivity index (χ1) is 3.35. The molecule has 0 bridgehead atoms. The van der Waals surface area contributed by atoms with Crippen LogP contribution in [-0.4, -0.2) is 14.7 Å². The molecule has 0 aromatic rings.